The first-order valence-electron chi connectivity index (χ1n) is 9.28. The lowest BCUT2D eigenvalue weighted by molar-refractivity contribution is -0.136. The first-order chi connectivity index (χ1) is 14.0. The number of rotatable bonds is 7. The lowest BCUT2D eigenvalue weighted by Crippen LogP contribution is -2.31. The lowest BCUT2D eigenvalue weighted by atomic mass is 9.98. The van der Waals surface area contributed by atoms with Crippen molar-refractivity contribution in [3.8, 4) is 0 Å². The number of aliphatic hydroxyl groups excluding tert-OH is 2. The summed E-state index contributed by atoms with van der Waals surface area (Å²) < 4.78 is 4.82. The van der Waals surface area contributed by atoms with Gasteiger partial charge in [0.1, 0.15) is 11.8 Å². The standard InChI is InChI=1S/C22H24N2O5/c1-14-8-9-18(16(12-14)20(26)15-6-4-3-5-7-15)23-19-17(22(28)29-2)13-24(10-11-25)21(19)27/h3-9,12,20,23,25-26H,10-11,13H2,1-2H3. The molecule has 3 N–H and O–H groups in total. The van der Waals surface area contributed by atoms with Gasteiger partial charge in [-0.25, -0.2) is 4.79 Å². The summed E-state index contributed by atoms with van der Waals surface area (Å²) in [6.45, 7) is 1.86. The fourth-order valence-corrected chi connectivity index (χ4v) is 3.32. The molecule has 0 aliphatic carbocycles. The maximum absolute atomic E-state index is 12.8. The van der Waals surface area contributed by atoms with Crippen LogP contribution >= 0.6 is 0 Å². The van der Waals surface area contributed by atoms with Gasteiger partial charge in [0.25, 0.3) is 5.91 Å². The number of benzene rings is 2. The number of nitrogens with one attached hydrogen (secondary N) is 1. The summed E-state index contributed by atoms with van der Waals surface area (Å²) in [7, 11) is 1.25. The molecule has 29 heavy (non-hydrogen) atoms. The van der Waals surface area contributed by atoms with Crippen LogP contribution in [0.4, 0.5) is 5.69 Å². The molecule has 2 aromatic rings. The highest BCUT2D eigenvalue weighted by Crippen LogP contribution is 2.32. The third-order valence-corrected chi connectivity index (χ3v) is 4.83. The number of methoxy groups -OCH3 is 1. The van der Waals surface area contributed by atoms with Gasteiger partial charge in [0.05, 0.1) is 25.8 Å². The summed E-state index contributed by atoms with van der Waals surface area (Å²) in [5.74, 6) is -1.02. The van der Waals surface area contributed by atoms with Crippen LogP contribution in [-0.4, -0.2) is 53.8 Å². The van der Waals surface area contributed by atoms with Gasteiger partial charge in [-0.05, 0) is 18.6 Å². The number of nitrogens with zero attached hydrogens (tertiary/aromatic N) is 1. The average molecular weight is 396 g/mol. The second-order valence-electron chi connectivity index (χ2n) is 6.82. The van der Waals surface area contributed by atoms with Crippen LogP contribution in [0.25, 0.3) is 0 Å². The van der Waals surface area contributed by atoms with Crippen LogP contribution in [0.2, 0.25) is 0 Å². The van der Waals surface area contributed by atoms with E-state index < -0.39 is 18.0 Å². The molecule has 0 aromatic heterocycles. The minimum absolute atomic E-state index is 0.0524. The smallest absolute Gasteiger partial charge is 0.337 e. The minimum atomic E-state index is -0.911. The minimum Gasteiger partial charge on any atom is -0.466 e. The monoisotopic (exact) mass is 396 g/mol. The number of amides is 1. The lowest BCUT2D eigenvalue weighted by Gasteiger charge is -2.19. The number of ether oxygens (including phenoxy) is 1. The Morgan fingerprint density at radius 1 is 1.24 bits per heavy atom. The Morgan fingerprint density at radius 2 is 1.97 bits per heavy atom. The number of carbonyl (C=O) groups is 2. The topological polar surface area (TPSA) is 99.1 Å². The van der Waals surface area contributed by atoms with Gasteiger partial charge in [-0.3, -0.25) is 4.79 Å². The predicted molar refractivity (Wildman–Crippen MR) is 108 cm³/mol. The van der Waals surface area contributed by atoms with Gasteiger partial charge in [-0.15, -0.1) is 0 Å². The van der Waals surface area contributed by atoms with Gasteiger partial charge in [-0.1, -0.05) is 48.0 Å². The summed E-state index contributed by atoms with van der Waals surface area (Å²) in [6, 6.07) is 14.6. The molecule has 0 radical (unpaired) electrons. The van der Waals surface area contributed by atoms with E-state index in [2.05, 4.69) is 5.32 Å². The molecule has 2 aromatic carbocycles. The van der Waals surface area contributed by atoms with E-state index in [0.29, 0.717) is 16.8 Å². The number of esters is 1. The molecule has 1 aliphatic rings. The molecular formula is C22H24N2O5. The molecule has 0 spiro atoms. The van der Waals surface area contributed by atoms with Crippen LogP contribution < -0.4 is 5.32 Å². The zero-order valence-electron chi connectivity index (χ0n) is 16.4. The molecule has 1 aliphatic heterocycles. The van der Waals surface area contributed by atoms with E-state index in [0.717, 1.165) is 5.56 Å². The van der Waals surface area contributed by atoms with Crippen LogP contribution in [0, 0.1) is 6.92 Å². The predicted octanol–water partition coefficient (Wildman–Crippen LogP) is 1.75. The summed E-state index contributed by atoms with van der Waals surface area (Å²) in [5.41, 5.74) is 3.04. The number of hydrogen-bond acceptors (Lipinski definition) is 6. The molecule has 7 nitrogen and oxygen atoms in total. The quantitative estimate of drug-likeness (QED) is 0.617. The second-order valence-corrected chi connectivity index (χ2v) is 6.82. The van der Waals surface area contributed by atoms with Crippen molar-refractivity contribution < 1.29 is 24.5 Å². The van der Waals surface area contributed by atoms with Gasteiger partial charge >= 0.3 is 5.97 Å². The molecule has 1 atom stereocenters. The van der Waals surface area contributed by atoms with Crippen molar-refractivity contribution in [2.24, 2.45) is 0 Å². The Kier molecular flexibility index (Phi) is 6.31. The Hall–Kier alpha value is -3.16. The Labute approximate surface area is 169 Å². The fraction of sp³-hybridized carbons (Fsp3) is 0.273. The number of anilines is 1. The molecule has 0 fully saturated rings. The first kappa shape index (κ1) is 20.6. The zero-order valence-corrected chi connectivity index (χ0v) is 16.4. The fourth-order valence-electron chi connectivity index (χ4n) is 3.32. The maximum atomic E-state index is 12.8. The molecule has 1 amide bonds. The highest BCUT2D eigenvalue weighted by Gasteiger charge is 2.35. The third-order valence-electron chi connectivity index (χ3n) is 4.83. The number of aliphatic hydroxyl groups is 2. The van der Waals surface area contributed by atoms with Crippen molar-refractivity contribution in [2.75, 3.05) is 32.1 Å². The van der Waals surface area contributed by atoms with Crippen molar-refractivity contribution in [3.63, 3.8) is 0 Å². The van der Waals surface area contributed by atoms with Crippen molar-refractivity contribution in [1.29, 1.82) is 0 Å². The summed E-state index contributed by atoms with van der Waals surface area (Å²) in [5, 5.41) is 23.1. The van der Waals surface area contributed by atoms with E-state index in [1.54, 1.807) is 6.07 Å². The summed E-state index contributed by atoms with van der Waals surface area (Å²) in [6.07, 6.45) is -0.911. The Morgan fingerprint density at radius 3 is 2.62 bits per heavy atom. The second kappa shape index (κ2) is 8.89. The van der Waals surface area contributed by atoms with Crippen molar-refractivity contribution in [2.45, 2.75) is 13.0 Å². The molecule has 7 heteroatoms. The molecule has 1 unspecified atom stereocenters. The molecule has 3 rings (SSSR count). The number of carbonyl (C=O) groups excluding carboxylic acids is 2. The van der Waals surface area contributed by atoms with Gasteiger partial charge in [0.2, 0.25) is 0 Å². The van der Waals surface area contributed by atoms with E-state index >= 15 is 0 Å². The SMILES string of the molecule is COC(=O)C1=C(Nc2ccc(C)cc2C(O)c2ccccc2)C(=O)N(CCO)C1. The molecule has 152 valence electrons. The van der Waals surface area contributed by atoms with Crippen LogP contribution in [-0.2, 0) is 14.3 Å². The largest absolute Gasteiger partial charge is 0.466 e. The number of hydrogen-bond donors (Lipinski definition) is 3. The molecular weight excluding hydrogens is 372 g/mol. The van der Waals surface area contributed by atoms with E-state index in [-0.39, 0.29) is 31.0 Å². The average Bonchev–Trinajstić information content (AvgIpc) is 3.04. The number of aryl methyl sites for hydroxylation is 1. The Balaban J connectivity index is 2.00. The highest BCUT2D eigenvalue weighted by molar-refractivity contribution is 6.08. The van der Waals surface area contributed by atoms with Crippen LogP contribution in [0.3, 0.4) is 0 Å². The normalized spacial score (nSPS) is 14.9. The van der Waals surface area contributed by atoms with Gasteiger partial charge in [0.15, 0.2) is 0 Å². The zero-order chi connectivity index (χ0) is 21.0. The van der Waals surface area contributed by atoms with Gasteiger partial charge in [-0.2, -0.15) is 0 Å². The third kappa shape index (κ3) is 4.31. The van der Waals surface area contributed by atoms with Crippen LogP contribution in [0.1, 0.15) is 22.8 Å². The maximum Gasteiger partial charge on any atom is 0.337 e. The molecule has 1 heterocycles. The van der Waals surface area contributed by atoms with E-state index in [1.807, 2.05) is 49.4 Å². The van der Waals surface area contributed by atoms with Crippen LogP contribution in [0.15, 0.2) is 59.8 Å². The van der Waals surface area contributed by atoms with Crippen molar-refractivity contribution in [1.82, 2.24) is 4.90 Å². The van der Waals surface area contributed by atoms with Crippen molar-refractivity contribution >= 4 is 17.6 Å². The van der Waals surface area contributed by atoms with E-state index in [9.17, 15) is 19.8 Å². The summed E-state index contributed by atoms with van der Waals surface area (Å²) >= 11 is 0. The highest BCUT2D eigenvalue weighted by atomic mass is 16.5. The van der Waals surface area contributed by atoms with Gasteiger partial charge in [0, 0.05) is 17.8 Å². The van der Waals surface area contributed by atoms with Gasteiger partial charge < -0.3 is 25.2 Å². The van der Waals surface area contributed by atoms with E-state index in [4.69, 9.17) is 4.74 Å². The number of β-amino-alcohol motifs (C(OH)–C–C–N with tert-alkyl or cyclic N) is 1. The molecule has 0 bridgehead atoms. The molecule has 0 saturated heterocycles. The first-order valence-corrected chi connectivity index (χ1v) is 9.28. The summed E-state index contributed by atoms with van der Waals surface area (Å²) in [4.78, 5) is 26.3. The van der Waals surface area contributed by atoms with Crippen molar-refractivity contribution in [3.05, 3.63) is 76.5 Å². The Bertz CT molecular complexity index is 939. The molecule has 0 saturated carbocycles. The van der Waals surface area contributed by atoms with Crippen LogP contribution in [0.5, 0.6) is 0 Å². The van der Waals surface area contributed by atoms with E-state index in [1.165, 1.54) is 12.0 Å².